The van der Waals surface area contributed by atoms with Gasteiger partial charge in [-0.05, 0) is 62.4 Å². The van der Waals surface area contributed by atoms with Crippen LogP contribution in [0.25, 0.3) is 22.9 Å². The second-order valence-corrected chi connectivity index (χ2v) is 10.3. The van der Waals surface area contributed by atoms with Crippen molar-refractivity contribution in [1.29, 1.82) is 0 Å². The largest absolute Gasteiger partial charge is 0.416 e. The monoisotopic (exact) mass is 511 g/mol. The number of amides is 1. The van der Waals surface area contributed by atoms with Crippen LogP contribution in [-0.2, 0) is 14.8 Å². The molecule has 11 heteroatoms. The highest BCUT2D eigenvalue weighted by Gasteiger charge is 2.26. The Hall–Kier alpha value is -3.76. The number of halogens is 1. The summed E-state index contributed by atoms with van der Waals surface area (Å²) in [4.78, 5) is 16.4. The van der Waals surface area contributed by atoms with Gasteiger partial charge in [0.1, 0.15) is 0 Å². The fraction of sp³-hybridized carbons (Fsp3) is 0.167. The molecule has 2 heterocycles. The van der Waals surface area contributed by atoms with E-state index in [4.69, 9.17) is 16.0 Å². The number of hydrogen-bond donors (Lipinski definition) is 2. The van der Waals surface area contributed by atoms with Gasteiger partial charge in [0, 0.05) is 29.5 Å². The van der Waals surface area contributed by atoms with Crippen LogP contribution in [0.3, 0.4) is 0 Å². The van der Waals surface area contributed by atoms with Crippen molar-refractivity contribution in [3.63, 3.8) is 0 Å². The van der Waals surface area contributed by atoms with Crippen LogP contribution in [0.15, 0.2) is 82.4 Å². The van der Waals surface area contributed by atoms with Gasteiger partial charge in [-0.2, -0.15) is 0 Å². The quantitative estimate of drug-likeness (QED) is 0.325. The lowest BCUT2D eigenvalue weighted by molar-refractivity contribution is -0.122. The molecule has 35 heavy (non-hydrogen) atoms. The second kappa shape index (κ2) is 9.85. The number of aromatic nitrogens is 3. The number of sulfonamides is 1. The predicted molar refractivity (Wildman–Crippen MR) is 133 cm³/mol. The molecule has 1 amide bonds. The standard InChI is InChI=1S/C24H22ClN5O4S/c1-24(2,15-25)23(31)27-18-8-4-9-19(13-18)30-35(32,33)20-10-3-6-16(12-20)21-28-29-22(34-21)17-7-5-11-26-14-17/h3-14,30H,15H2,1-2H3,(H,27,31). The van der Waals surface area contributed by atoms with E-state index in [1.54, 1.807) is 68.7 Å². The number of benzene rings is 2. The highest BCUT2D eigenvalue weighted by Crippen LogP contribution is 2.27. The number of alkyl halides is 1. The van der Waals surface area contributed by atoms with Crippen LogP contribution in [0, 0.1) is 5.41 Å². The van der Waals surface area contributed by atoms with Crippen LogP contribution in [0.1, 0.15) is 13.8 Å². The maximum absolute atomic E-state index is 13.1. The summed E-state index contributed by atoms with van der Waals surface area (Å²) in [6.07, 6.45) is 3.22. The van der Waals surface area contributed by atoms with Crippen molar-refractivity contribution in [2.24, 2.45) is 5.41 Å². The van der Waals surface area contributed by atoms with Crippen molar-refractivity contribution < 1.29 is 17.6 Å². The summed E-state index contributed by atoms with van der Waals surface area (Å²) in [7, 11) is -3.95. The molecular formula is C24H22ClN5O4S. The molecule has 2 aromatic carbocycles. The van der Waals surface area contributed by atoms with Gasteiger partial charge >= 0.3 is 0 Å². The topological polar surface area (TPSA) is 127 Å². The van der Waals surface area contributed by atoms with Gasteiger partial charge in [-0.3, -0.25) is 14.5 Å². The highest BCUT2D eigenvalue weighted by atomic mass is 35.5. The Morgan fingerprint density at radius 2 is 1.66 bits per heavy atom. The lowest BCUT2D eigenvalue weighted by atomic mass is 9.95. The summed E-state index contributed by atoms with van der Waals surface area (Å²) < 4.78 is 34.4. The van der Waals surface area contributed by atoms with Gasteiger partial charge in [0.25, 0.3) is 10.0 Å². The zero-order chi connectivity index (χ0) is 25.1. The Balaban J connectivity index is 1.54. The Morgan fingerprint density at radius 1 is 0.971 bits per heavy atom. The lowest BCUT2D eigenvalue weighted by Gasteiger charge is -2.20. The maximum Gasteiger partial charge on any atom is 0.261 e. The number of carbonyl (C=O) groups excluding carboxylic acids is 1. The van der Waals surface area contributed by atoms with E-state index in [9.17, 15) is 13.2 Å². The highest BCUT2D eigenvalue weighted by molar-refractivity contribution is 7.92. The Labute approximate surface area is 207 Å². The van der Waals surface area contributed by atoms with Crippen LogP contribution in [-0.4, -0.2) is 35.4 Å². The second-order valence-electron chi connectivity index (χ2n) is 8.34. The van der Waals surface area contributed by atoms with Crippen molar-refractivity contribution in [2.45, 2.75) is 18.7 Å². The smallest absolute Gasteiger partial charge is 0.261 e. The molecule has 0 aliphatic rings. The van der Waals surface area contributed by atoms with E-state index < -0.39 is 15.4 Å². The molecule has 2 aromatic heterocycles. The molecule has 0 spiro atoms. The molecule has 4 aromatic rings. The average Bonchev–Trinajstić information content (AvgIpc) is 3.35. The molecule has 2 N–H and O–H groups in total. The molecule has 0 atom stereocenters. The average molecular weight is 512 g/mol. The number of pyridine rings is 1. The molecule has 0 radical (unpaired) electrons. The zero-order valence-corrected chi connectivity index (χ0v) is 20.5. The predicted octanol–water partition coefficient (Wildman–Crippen LogP) is 4.80. The first-order valence-electron chi connectivity index (χ1n) is 10.5. The van der Waals surface area contributed by atoms with Crippen LogP contribution in [0.2, 0.25) is 0 Å². The van der Waals surface area contributed by atoms with Crippen LogP contribution < -0.4 is 10.0 Å². The van der Waals surface area contributed by atoms with Crippen molar-refractivity contribution in [3.8, 4) is 22.9 Å². The van der Waals surface area contributed by atoms with Crippen LogP contribution >= 0.6 is 11.6 Å². The third kappa shape index (κ3) is 5.67. The Bertz CT molecular complexity index is 1460. The van der Waals surface area contributed by atoms with Gasteiger partial charge < -0.3 is 9.73 Å². The van der Waals surface area contributed by atoms with Gasteiger partial charge in [0.15, 0.2) is 0 Å². The van der Waals surface area contributed by atoms with E-state index in [0.717, 1.165) is 0 Å². The van der Waals surface area contributed by atoms with E-state index in [1.807, 2.05) is 0 Å². The zero-order valence-electron chi connectivity index (χ0n) is 18.9. The van der Waals surface area contributed by atoms with Crippen molar-refractivity contribution >= 4 is 38.9 Å². The minimum atomic E-state index is -3.95. The van der Waals surface area contributed by atoms with Crippen molar-refractivity contribution in [3.05, 3.63) is 73.1 Å². The van der Waals surface area contributed by atoms with E-state index in [2.05, 4.69) is 25.2 Å². The molecule has 0 unspecified atom stereocenters. The number of hydrogen-bond acceptors (Lipinski definition) is 7. The van der Waals surface area contributed by atoms with E-state index in [0.29, 0.717) is 16.8 Å². The minimum Gasteiger partial charge on any atom is -0.416 e. The SMILES string of the molecule is CC(C)(CCl)C(=O)Nc1cccc(NS(=O)(=O)c2cccc(-c3nnc(-c4cccnc4)o3)c2)c1. The summed E-state index contributed by atoms with van der Waals surface area (Å²) in [6.45, 7) is 3.44. The molecule has 0 saturated carbocycles. The summed E-state index contributed by atoms with van der Waals surface area (Å²) in [6, 6.07) is 16.1. The van der Waals surface area contributed by atoms with Gasteiger partial charge in [0.05, 0.1) is 21.6 Å². The molecule has 0 saturated heterocycles. The number of nitrogens with one attached hydrogen (secondary N) is 2. The summed E-state index contributed by atoms with van der Waals surface area (Å²) in [5.41, 5.74) is 1.05. The van der Waals surface area contributed by atoms with Gasteiger partial charge in [-0.25, -0.2) is 8.42 Å². The van der Waals surface area contributed by atoms with Crippen molar-refractivity contribution in [2.75, 3.05) is 15.9 Å². The fourth-order valence-corrected chi connectivity index (χ4v) is 4.19. The first-order valence-corrected chi connectivity index (χ1v) is 12.5. The van der Waals surface area contributed by atoms with Gasteiger partial charge in [-0.1, -0.05) is 12.1 Å². The van der Waals surface area contributed by atoms with E-state index >= 15 is 0 Å². The number of rotatable bonds is 8. The minimum absolute atomic E-state index is 0.00818. The Kier molecular flexibility index (Phi) is 6.86. The molecule has 0 aliphatic carbocycles. The lowest BCUT2D eigenvalue weighted by Crippen LogP contribution is -2.32. The molecular weight excluding hydrogens is 490 g/mol. The van der Waals surface area contributed by atoms with Crippen LogP contribution in [0.5, 0.6) is 0 Å². The fourth-order valence-electron chi connectivity index (χ4n) is 2.98. The number of nitrogens with zero attached hydrogens (tertiary/aromatic N) is 3. The van der Waals surface area contributed by atoms with Gasteiger partial charge in [-0.15, -0.1) is 21.8 Å². The molecule has 0 aliphatic heterocycles. The maximum atomic E-state index is 13.1. The van der Waals surface area contributed by atoms with E-state index in [1.165, 1.54) is 18.2 Å². The summed E-state index contributed by atoms with van der Waals surface area (Å²) in [5.74, 6) is 0.319. The number of carbonyl (C=O) groups is 1. The first-order chi connectivity index (χ1) is 16.7. The molecule has 9 nitrogen and oxygen atoms in total. The summed E-state index contributed by atoms with van der Waals surface area (Å²) >= 11 is 5.86. The molecule has 4 rings (SSSR count). The first kappa shape index (κ1) is 24.4. The molecule has 0 bridgehead atoms. The normalized spacial score (nSPS) is 11.7. The van der Waals surface area contributed by atoms with Crippen molar-refractivity contribution in [1.82, 2.24) is 15.2 Å². The molecule has 0 fully saturated rings. The Morgan fingerprint density at radius 3 is 2.37 bits per heavy atom. The molecule has 180 valence electrons. The van der Waals surface area contributed by atoms with Crippen LogP contribution in [0.4, 0.5) is 11.4 Å². The summed E-state index contributed by atoms with van der Waals surface area (Å²) in [5, 5.41) is 10.8. The third-order valence-electron chi connectivity index (χ3n) is 5.05. The third-order valence-corrected chi connectivity index (χ3v) is 7.09. The number of anilines is 2. The van der Waals surface area contributed by atoms with E-state index in [-0.39, 0.29) is 34.2 Å². The van der Waals surface area contributed by atoms with Gasteiger partial charge in [0.2, 0.25) is 17.7 Å².